The smallest absolute Gasteiger partial charge is 0.196 e. The van der Waals surface area contributed by atoms with Gasteiger partial charge < -0.3 is 24.8 Å². The molecule has 2 aromatic rings. The predicted molar refractivity (Wildman–Crippen MR) is 114 cm³/mol. The second-order valence-corrected chi connectivity index (χ2v) is 6.02. The van der Waals surface area contributed by atoms with Gasteiger partial charge in [-0.25, -0.2) is 4.99 Å². The van der Waals surface area contributed by atoms with Crippen LogP contribution < -0.4 is 20.1 Å². The number of rotatable bonds is 10. The minimum Gasteiger partial charge on any atom is -0.493 e. The molecule has 2 rings (SSSR count). The minimum absolute atomic E-state index is 0.563. The average Bonchev–Trinajstić information content (AvgIpc) is 2.72. The number of benzene rings is 2. The third-order valence-corrected chi connectivity index (χ3v) is 4.06. The normalized spacial score (nSPS) is 11.2. The fraction of sp³-hybridized carbons (Fsp3) is 0.409. The summed E-state index contributed by atoms with van der Waals surface area (Å²) in [5.74, 6) is 2.12. The van der Waals surface area contributed by atoms with Crippen molar-refractivity contribution in [3.63, 3.8) is 0 Å². The SMILES string of the molecule is CCNC(=NCc1ccccc1COCC)Nc1ccc(OC)c(OCC)c1. The summed E-state index contributed by atoms with van der Waals surface area (Å²) in [5, 5.41) is 6.61. The van der Waals surface area contributed by atoms with E-state index in [2.05, 4.69) is 22.8 Å². The second-order valence-electron chi connectivity index (χ2n) is 6.02. The molecule has 0 spiro atoms. The van der Waals surface area contributed by atoms with E-state index in [0.29, 0.717) is 43.8 Å². The Labute approximate surface area is 167 Å². The maximum absolute atomic E-state index is 5.65. The fourth-order valence-electron chi connectivity index (χ4n) is 2.70. The molecule has 6 nitrogen and oxygen atoms in total. The zero-order valence-electron chi connectivity index (χ0n) is 17.2. The van der Waals surface area contributed by atoms with Gasteiger partial charge in [-0.05, 0) is 44.0 Å². The maximum atomic E-state index is 5.65. The maximum Gasteiger partial charge on any atom is 0.196 e. The van der Waals surface area contributed by atoms with Crippen molar-refractivity contribution in [2.24, 2.45) is 4.99 Å². The molecule has 2 N–H and O–H groups in total. The van der Waals surface area contributed by atoms with Crippen molar-refractivity contribution >= 4 is 11.6 Å². The lowest BCUT2D eigenvalue weighted by atomic mass is 10.1. The van der Waals surface area contributed by atoms with Crippen molar-refractivity contribution < 1.29 is 14.2 Å². The standard InChI is InChI=1S/C22H31N3O3/c1-5-23-22(24-15-17-10-8-9-11-18(17)16-27-6-2)25-19-12-13-20(26-4)21(14-19)28-7-3/h8-14H,5-7,15-16H2,1-4H3,(H2,23,24,25). The van der Waals surface area contributed by atoms with E-state index in [4.69, 9.17) is 19.2 Å². The van der Waals surface area contributed by atoms with Crippen LogP contribution in [0, 0.1) is 0 Å². The van der Waals surface area contributed by atoms with Crippen LogP contribution in [0.5, 0.6) is 11.5 Å². The van der Waals surface area contributed by atoms with Gasteiger partial charge in [-0.3, -0.25) is 0 Å². The zero-order valence-corrected chi connectivity index (χ0v) is 17.2. The number of ether oxygens (including phenoxy) is 3. The number of hydrogen-bond donors (Lipinski definition) is 2. The molecule has 0 saturated heterocycles. The molecule has 6 heteroatoms. The highest BCUT2D eigenvalue weighted by atomic mass is 16.5. The van der Waals surface area contributed by atoms with Gasteiger partial charge in [0.05, 0.1) is 26.9 Å². The van der Waals surface area contributed by atoms with Crippen LogP contribution in [0.25, 0.3) is 0 Å². The van der Waals surface area contributed by atoms with Crippen LogP contribution >= 0.6 is 0 Å². The zero-order chi connectivity index (χ0) is 20.2. The third kappa shape index (κ3) is 6.46. The molecule has 0 amide bonds. The first-order chi connectivity index (χ1) is 13.7. The Balaban J connectivity index is 2.16. The molecule has 28 heavy (non-hydrogen) atoms. The summed E-state index contributed by atoms with van der Waals surface area (Å²) in [5.41, 5.74) is 3.19. The quantitative estimate of drug-likeness (QED) is 0.474. The van der Waals surface area contributed by atoms with Crippen LogP contribution in [0.15, 0.2) is 47.5 Å². The highest BCUT2D eigenvalue weighted by molar-refractivity contribution is 5.93. The van der Waals surface area contributed by atoms with Crippen molar-refractivity contribution in [2.45, 2.75) is 33.9 Å². The van der Waals surface area contributed by atoms with E-state index in [1.54, 1.807) is 7.11 Å². The lowest BCUT2D eigenvalue weighted by Crippen LogP contribution is -2.30. The molecule has 0 aromatic heterocycles. The van der Waals surface area contributed by atoms with E-state index in [1.807, 2.05) is 51.1 Å². The van der Waals surface area contributed by atoms with E-state index in [-0.39, 0.29) is 0 Å². The Morgan fingerprint density at radius 2 is 1.75 bits per heavy atom. The highest BCUT2D eigenvalue weighted by Crippen LogP contribution is 2.30. The second kappa shape index (κ2) is 11.9. The number of methoxy groups -OCH3 is 1. The molecule has 0 aliphatic rings. The van der Waals surface area contributed by atoms with E-state index in [0.717, 1.165) is 23.4 Å². The van der Waals surface area contributed by atoms with Gasteiger partial charge in [-0.2, -0.15) is 0 Å². The lowest BCUT2D eigenvalue weighted by molar-refractivity contribution is 0.133. The summed E-state index contributed by atoms with van der Waals surface area (Å²) in [6.45, 7) is 9.19. The van der Waals surface area contributed by atoms with Crippen LogP contribution in [0.3, 0.4) is 0 Å². The Morgan fingerprint density at radius 1 is 0.964 bits per heavy atom. The molecule has 152 valence electrons. The van der Waals surface area contributed by atoms with Crippen molar-refractivity contribution in [1.82, 2.24) is 5.32 Å². The largest absolute Gasteiger partial charge is 0.493 e. The Morgan fingerprint density at radius 3 is 2.43 bits per heavy atom. The molecular weight excluding hydrogens is 354 g/mol. The van der Waals surface area contributed by atoms with Gasteiger partial charge in [0.15, 0.2) is 17.5 Å². The van der Waals surface area contributed by atoms with Crippen molar-refractivity contribution in [3.05, 3.63) is 53.6 Å². The average molecular weight is 386 g/mol. The summed E-state index contributed by atoms with van der Waals surface area (Å²) in [7, 11) is 1.64. The Bertz CT molecular complexity index is 762. The minimum atomic E-state index is 0.563. The Kier molecular flexibility index (Phi) is 9.15. The van der Waals surface area contributed by atoms with Gasteiger partial charge in [-0.1, -0.05) is 24.3 Å². The molecule has 0 saturated carbocycles. The topological polar surface area (TPSA) is 64.1 Å². The first kappa shape index (κ1) is 21.6. The molecule has 0 atom stereocenters. The van der Waals surface area contributed by atoms with Crippen molar-refractivity contribution in [3.8, 4) is 11.5 Å². The van der Waals surface area contributed by atoms with Gasteiger partial charge in [0, 0.05) is 24.9 Å². The first-order valence-electron chi connectivity index (χ1n) is 9.72. The molecule has 0 aliphatic carbocycles. The number of aliphatic imine (C=N–C) groups is 1. The van der Waals surface area contributed by atoms with Crippen LogP contribution in [0.4, 0.5) is 5.69 Å². The highest BCUT2D eigenvalue weighted by Gasteiger charge is 2.08. The molecule has 0 unspecified atom stereocenters. The number of anilines is 1. The monoisotopic (exact) mass is 385 g/mol. The van der Waals surface area contributed by atoms with E-state index < -0.39 is 0 Å². The molecule has 0 aliphatic heterocycles. The van der Waals surface area contributed by atoms with Crippen molar-refractivity contribution in [1.29, 1.82) is 0 Å². The van der Waals surface area contributed by atoms with Crippen molar-refractivity contribution in [2.75, 3.05) is 32.2 Å². The number of hydrogen-bond acceptors (Lipinski definition) is 4. The molecular formula is C22H31N3O3. The molecule has 0 bridgehead atoms. The van der Waals surface area contributed by atoms with Crippen LogP contribution in [0.2, 0.25) is 0 Å². The van der Waals surface area contributed by atoms with Gasteiger partial charge in [0.2, 0.25) is 0 Å². The molecule has 0 radical (unpaired) electrons. The van der Waals surface area contributed by atoms with Gasteiger partial charge >= 0.3 is 0 Å². The van der Waals surface area contributed by atoms with Gasteiger partial charge in [0.25, 0.3) is 0 Å². The lowest BCUT2D eigenvalue weighted by Gasteiger charge is -2.15. The molecule has 0 fully saturated rings. The Hall–Kier alpha value is -2.73. The van der Waals surface area contributed by atoms with Gasteiger partial charge in [-0.15, -0.1) is 0 Å². The summed E-state index contributed by atoms with van der Waals surface area (Å²) in [6.07, 6.45) is 0. The summed E-state index contributed by atoms with van der Waals surface area (Å²) in [6, 6.07) is 14.0. The fourth-order valence-corrected chi connectivity index (χ4v) is 2.70. The summed E-state index contributed by atoms with van der Waals surface area (Å²) < 4.78 is 16.6. The number of guanidine groups is 1. The van der Waals surface area contributed by atoms with Gasteiger partial charge in [0.1, 0.15) is 0 Å². The van der Waals surface area contributed by atoms with E-state index in [9.17, 15) is 0 Å². The molecule has 0 heterocycles. The van der Waals surface area contributed by atoms with Crippen LogP contribution in [0.1, 0.15) is 31.9 Å². The summed E-state index contributed by atoms with van der Waals surface area (Å²) in [4.78, 5) is 4.73. The number of nitrogens with zero attached hydrogens (tertiary/aromatic N) is 1. The van der Waals surface area contributed by atoms with Crippen LogP contribution in [-0.2, 0) is 17.9 Å². The molecule has 2 aromatic carbocycles. The number of nitrogens with one attached hydrogen (secondary N) is 2. The first-order valence-corrected chi connectivity index (χ1v) is 9.72. The third-order valence-electron chi connectivity index (χ3n) is 4.06. The van der Waals surface area contributed by atoms with E-state index in [1.165, 1.54) is 0 Å². The summed E-state index contributed by atoms with van der Waals surface area (Å²) >= 11 is 0. The van der Waals surface area contributed by atoms with E-state index >= 15 is 0 Å². The predicted octanol–water partition coefficient (Wildman–Crippen LogP) is 4.21. The van der Waals surface area contributed by atoms with Crippen LogP contribution in [-0.4, -0.2) is 32.8 Å².